The molecule has 1 fully saturated rings. The molecular formula is C15H20BrN3O2S. The minimum Gasteiger partial charge on any atom is -0.282 e. The van der Waals surface area contributed by atoms with Crippen LogP contribution in [0.1, 0.15) is 24.9 Å². The summed E-state index contributed by atoms with van der Waals surface area (Å²) in [5.74, 6) is 0.195. The normalized spacial score (nSPS) is 18.8. The van der Waals surface area contributed by atoms with Gasteiger partial charge in [-0.2, -0.15) is 9.57 Å². The van der Waals surface area contributed by atoms with E-state index in [1.54, 1.807) is 4.31 Å². The number of sulfonamides is 1. The van der Waals surface area contributed by atoms with E-state index >= 15 is 0 Å². The van der Waals surface area contributed by atoms with Crippen molar-refractivity contribution in [1.29, 1.82) is 5.26 Å². The van der Waals surface area contributed by atoms with E-state index in [0.29, 0.717) is 32.6 Å². The van der Waals surface area contributed by atoms with Crippen LogP contribution in [0, 0.1) is 11.3 Å². The van der Waals surface area contributed by atoms with Gasteiger partial charge in [0.05, 0.1) is 11.8 Å². The summed E-state index contributed by atoms with van der Waals surface area (Å²) in [4.78, 5) is 2.04. The van der Waals surface area contributed by atoms with Crippen LogP contribution in [-0.4, -0.2) is 49.6 Å². The number of halogens is 1. The topological polar surface area (TPSA) is 64.4 Å². The van der Waals surface area contributed by atoms with Gasteiger partial charge in [0.1, 0.15) is 6.04 Å². The SMILES string of the molecule is CCCS(=O)(=O)N1CCN(C(C#N)c2cccc(Br)c2)CC1. The second-order valence-electron chi connectivity index (χ2n) is 5.34. The highest BCUT2D eigenvalue weighted by Crippen LogP contribution is 2.24. The molecule has 0 aliphatic carbocycles. The molecule has 1 atom stereocenters. The van der Waals surface area contributed by atoms with Crippen LogP contribution < -0.4 is 0 Å². The summed E-state index contributed by atoms with van der Waals surface area (Å²) >= 11 is 3.42. The monoisotopic (exact) mass is 385 g/mol. The molecular weight excluding hydrogens is 366 g/mol. The highest BCUT2D eigenvalue weighted by Gasteiger charge is 2.30. The molecule has 1 saturated heterocycles. The fourth-order valence-electron chi connectivity index (χ4n) is 2.67. The van der Waals surface area contributed by atoms with Gasteiger partial charge in [0.25, 0.3) is 0 Å². The fraction of sp³-hybridized carbons (Fsp3) is 0.533. The molecule has 1 aliphatic heterocycles. The summed E-state index contributed by atoms with van der Waals surface area (Å²) in [6.45, 7) is 3.93. The van der Waals surface area contributed by atoms with Gasteiger partial charge in [0.15, 0.2) is 0 Å². The zero-order valence-corrected chi connectivity index (χ0v) is 15.0. The summed E-state index contributed by atoms with van der Waals surface area (Å²) < 4.78 is 26.6. The van der Waals surface area contributed by atoms with E-state index in [-0.39, 0.29) is 11.8 Å². The lowest BCUT2D eigenvalue weighted by atomic mass is 10.1. The van der Waals surface area contributed by atoms with Crippen LogP contribution in [0.4, 0.5) is 0 Å². The third-order valence-corrected chi connectivity index (χ3v) is 6.35. The minimum atomic E-state index is -3.14. The van der Waals surface area contributed by atoms with Crippen LogP contribution in [-0.2, 0) is 10.0 Å². The Labute approximate surface area is 140 Å². The van der Waals surface area contributed by atoms with Crippen molar-refractivity contribution >= 4 is 26.0 Å². The predicted molar refractivity (Wildman–Crippen MR) is 89.7 cm³/mol. The first kappa shape index (κ1) is 17.4. The summed E-state index contributed by atoms with van der Waals surface area (Å²) in [5, 5.41) is 9.49. The molecule has 0 N–H and O–H groups in total. The first-order valence-corrected chi connectivity index (χ1v) is 9.75. The molecule has 1 aliphatic rings. The Bertz CT molecular complexity index is 649. The number of nitrogens with zero attached hydrogens (tertiary/aromatic N) is 3. The Morgan fingerprint density at radius 3 is 2.55 bits per heavy atom. The maximum absolute atomic E-state index is 12.1. The molecule has 0 bridgehead atoms. The molecule has 1 aromatic rings. The van der Waals surface area contributed by atoms with Gasteiger partial charge >= 0.3 is 0 Å². The Morgan fingerprint density at radius 1 is 1.32 bits per heavy atom. The van der Waals surface area contributed by atoms with E-state index in [9.17, 15) is 13.7 Å². The first-order chi connectivity index (χ1) is 10.5. The summed E-state index contributed by atoms with van der Waals surface area (Å²) in [7, 11) is -3.14. The van der Waals surface area contributed by atoms with Crippen molar-refractivity contribution in [3.8, 4) is 6.07 Å². The highest BCUT2D eigenvalue weighted by atomic mass is 79.9. The molecule has 0 aromatic heterocycles. The third kappa shape index (κ3) is 4.07. The molecule has 0 radical (unpaired) electrons. The zero-order valence-electron chi connectivity index (χ0n) is 12.6. The van der Waals surface area contributed by atoms with Crippen LogP contribution in [0.2, 0.25) is 0 Å². The maximum Gasteiger partial charge on any atom is 0.214 e. The first-order valence-electron chi connectivity index (χ1n) is 7.35. The third-order valence-electron chi connectivity index (χ3n) is 3.78. The molecule has 0 spiro atoms. The van der Waals surface area contributed by atoms with Crippen molar-refractivity contribution in [1.82, 2.24) is 9.21 Å². The number of benzene rings is 1. The number of hydrogen-bond donors (Lipinski definition) is 0. The Hall–Kier alpha value is -0.940. The van der Waals surface area contributed by atoms with E-state index in [4.69, 9.17) is 0 Å². The van der Waals surface area contributed by atoms with Crippen LogP contribution in [0.15, 0.2) is 28.7 Å². The average molecular weight is 386 g/mol. The van der Waals surface area contributed by atoms with Crippen LogP contribution >= 0.6 is 15.9 Å². The van der Waals surface area contributed by atoms with Crippen molar-refractivity contribution in [3.63, 3.8) is 0 Å². The lowest BCUT2D eigenvalue weighted by Gasteiger charge is -2.36. The van der Waals surface area contributed by atoms with Gasteiger partial charge in [0, 0.05) is 30.7 Å². The van der Waals surface area contributed by atoms with E-state index in [1.807, 2.05) is 36.1 Å². The number of rotatable bonds is 5. The van der Waals surface area contributed by atoms with Crippen molar-refractivity contribution < 1.29 is 8.42 Å². The molecule has 1 aromatic carbocycles. The molecule has 7 heteroatoms. The lowest BCUT2D eigenvalue weighted by molar-refractivity contribution is 0.162. The van der Waals surface area contributed by atoms with Gasteiger partial charge in [0.2, 0.25) is 10.0 Å². The molecule has 0 amide bonds. The summed E-state index contributed by atoms with van der Waals surface area (Å²) in [5.41, 5.74) is 0.932. The molecule has 1 unspecified atom stereocenters. The molecule has 1 heterocycles. The van der Waals surface area contributed by atoms with Gasteiger partial charge in [-0.25, -0.2) is 8.42 Å². The summed E-state index contributed by atoms with van der Waals surface area (Å²) in [6, 6.07) is 9.69. The Morgan fingerprint density at radius 2 is 2.00 bits per heavy atom. The van der Waals surface area contributed by atoms with Gasteiger partial charge in [-0.05, 0) is 24.1 Å². The second-order valence-corrected chi connectivity index (χ2v) is 8.34. The van der Waals surface area contributed by atoms with Gasteiger partial charge < -0.3 is 0 Å². The van der Waals surface area contributed by atoms with Gasteiger partial charge in [-0.15, -0.1) is 0 Å². The number of piperazine rings is 1. The zero-order chi connectivity index (χ0) is 16.2. The second kappa shape index (κ2) is 7.55. The fourth-order valence-corrected chi connectivity index (χ4v) is 4.58. The van der Waals surface area contributed by atoms with Crippen LogP contribution in [0.3, 0.4) is 0 Å². The standard InChI is InChI=1S/C15H20BrN3O2S/c1-2-10-22(20,21)19-8-6-18(7-9-19)15(12-17)13-4-3-5-14(16)11-13/h3-5,11,15H,2,6-10H2,1H3. The highest BCUT2D eigenvalue weighted by molar-refractivity contribution is 9.10. The van der Waals surface area contributed by atoms with Gasteiger partial charge in [-0.3, -0.25) is 4.90 Å². The molecule has 120 valence electrons. The van der Waals surface area contributed by atoms with Crippen molar-refractivity contribution in [2.75, 3.05) is 31.9 Å². The van der Waals surface area contributed by atoms with Crippen LogP contribution in [0.25, 0.3) is 0 Å². The maximum atomic E-state index is 12.1. The lowest BCUT2D eigenvalue weighted by Crippen LogP contribution is -2.49. The van der Waals surface area contributed by atoms with Crippen molar-refractivity contribution in [2.45, 2.75) is 19.4 Å². The Kier molecular flexibility index (Phi) is 5.98. The average Bonchev–Trinajstić information content (AvgIpc) is 2.49. The minimum absolute atomic E-state index is 0.195. The molecule has 0 saturated carbocycles. The van der Waals surface area contributed by atoms with Crippen molar-refractivity contribution in [3.05, 3.63) is 34.3 Å². The summed E-state index contributed by atoms with van der Waals surface area (Å²) in [6.07, 6.45) is 0.626. The molecule has 2 rings (SSSR count). The van der Waals surface area contributed by atoms with E-state index < -0.39 is 10.0 Å². The predicted octanol–water partition coefficient (Wildman–Crippen LogP) is 2.37. The van der Waals surface area contributed by atoms with E-state index in [0.717, 1.165) is 10.0 Å². The number of nitriles is 1. The molecule has 22 heavy (non-hydrogen) atoms. The van der Waals surface area contributed by atoms with E-state index in [1.165, 1.54) is 0 Å². The van der Waals surface area contributed by atoms with Crippen molar-refractivity contribution in [2.24, 2.45) is 0 Å². The quantitative estimate of drug-likeness (QED) is 0.780. The van der Waals surface area contributed by atoms with Gasteiger partial charge in [-0.1, -0.05) is 35.0 Å². The van der Waals surface area contributed by atoms with E-state index in [2.05, 4.69) is 22.0 Å². The number of hydrogen-bond acceptors (Lipinski definition) is 4. The largest absolute Gasteiger partial charge is 0.282 e. The smallest absolute Gasteiger partial charge is 0.214 e. The Balaban J connectivity index is 2.06. The van der Waals surface area contributed by atoms with Crippen LogP contribution in [0.5, 0.6) is 0 Å². The molecule has 5 nitrogen and oxygen atoms in total.